The summed E-state index contributed by atoms with van der Waals surface area (Å²) < 4.78 is 18.8. The molecule has 1 aromatic heterocycles. The normalized spacial score (nSPS) is 10.7. The predicted octanol–water partition coefficient (Wildman–Crippen LogP) is 5.57. The van der Waals surface area contributed by atoms with E-state index < -0.39 is 0 Å². The van der Waals surface area contributed by atoms with Crippen molar-refractivity contribution >= 4 is 11.8 Å². The molecule has 3 aromatic rings. The zero-order valence-electron chi connectivity index (χ0n) is 14.2. The monoisotopic (exact) mass is 354 g/mol. The Morgan fingerprint density at radius 3 is 2.40 bits per heavy atom. The topological polar surface area (TPSA) is 35.0 Å². The molecule has 0 aliphatic carbocycles. The number of nitrogens with zero attached hydrogens (tertiary/aromatic N) is 2. The quantitative estimate of drug-likeness (QED) is 0.428. The van der Waals surface area contributed by atoms with Crippen molar-refractivity contribution in [2.75, 3.05) is 0 Å². The summed E-state index contributed by atoms with van der Waals surface area (Å²) >= 11 is 1.57. The van der Waals surface area contributed by atoms with E-state index in [0.29, 0.717) is 16.8 Å². The van der Waals surface area contributed by atoms with E-state index in [4.69, 9.17) is 4.74 Å². The molecule has 0 amide bonds. The molecule has 0 saturated carbocycles. The van der Waals surface area contributed by atoms with E-state index in [-0.39, 0.29) is 5.82 Å². The van der Waals surface area contributed by atoms with E-state index in [9.17, 15) is 4.39 Å². The first kappa shape index (κ1) is 17.4. The Kier molecular flexibility index (Phi) is 5.66. The third-order valence-electron chi connectivity index (χ3n) is 3.62. The number of thioether (sulfide) groups is 1. The summed E-state index contributed by atoms with van der Waals surface area (Å²) in [5.41, 5.74) is 3.38. The van der Waals surface area contributed by atoms with E-state index in [2.05, 4.69) is 41.2 Å². The molecular formula is C20H19FN2OS. The Balaban J connectivity index is 1.74. The standard InChI is InChI=1S/C20H19FN2OS/c1-3-17-12-19(24-18-10-8-16(21)9-11-18)23-20(22-17)25-13-15-6-4-14(2)5-7-15/h4-12H,3,13H2,1-2H3. The van der Waals surface area contributed by atoms with Gasteiger partial charge in [-0.1, -0.05) is 48.5 Å². The summed E-state index contributed by atoms with van der Waals surface area (Å²) in [5.74, 6) is 1.53. The lowest BCUT2D eigenvalue weighted by atomic mass is 10.2. The zero-order chi connectivity index (χ0) is 17.6. The van der Waals surface area contributed by atoms with Crippen molar-refractivity contribution in [1.29, 1.82) is 0 Å². The molecule has 25 heavy (non-hydrogen) atoms. The number of ether oxygens (including phenoxy) is 1. The van der Waals surface area contributed by atoms with Crippen LogP contribution in [0.1, 0.15) is 23.7 Å². The summed E-state index contributed by atoms with van der Waals surface area (Å²) in [6.07, 6.45) is 0.792. The molecule has 3 nitrogen and oxygen atoms in total. The Bertz CT molecular complexity index is 835. The van der Waals surface area contributed by atoms with E-state index in [0.717, 1.165) is 17.9 Å². The van der Waals surface area contributed by atoms with Crippen LogP contribution in [0.15, 0.2) is 59.8 Å². The van der Waals surface area contributed by atoms with Gasteiger partial charge in [0.25, 0.3) is 0 Å². The number of halogens is 1. The molecule has 0 unspecified atom stereocenters. The molecule has 2 aromatic carbocycles. The number of aromatic nitrogens is 2. The van der Waals surface area contributed by atoms with Crippen molar-refractivity contribution < 1.29 is 9.13 Å². The van der Waals surface area contributed by atoms with Crippen LogP contribution in [0.25, 0.3) is 0 Å². The average molecular weight is 354 g/mol. The fraction of sp³-hybridized carbons (Fsp3) is 0.200. The van der Waals surface area contributed by atoms with E-state index in [1.807, 2.05) is 13.0 Å². The number of hydrogen-bond donors (Lipinski definition) is 0. The third-order valence-corrected chi connectivity index (χ3v) is 4.54. The van der Waals surface area contributed by atoms with Crippen LogP contribution in [0, 0.1) is 12.7 Å². The van der Waals surface area contributed by atoms with Gasteiger partial charge in [0.2, 0.25) is 5.88 Å². The van der Waals surface area contributed by atoms with Gasteiger partial charge in [-0.2, -0.15) is 4.98 Å². The molecule has 0 spiro atoms. The maximum Gasteiger partial charge on any atom is 0.223 e. The first-order chi connectivity index (χ1) is 12.1. The minimum absolute atomic E-state index is 0.293. The maximum absolute atomic E-state index is 13.0. The van der Waals surface area contributed by atoms with Crippen LogP contribution in [-0.2, 0) is 12.2 Å². The van der Waals surface area contributed by atoms with Crippen LogP contribution in [0.3, 0.4) is 0 Å². The summed E-state index contributed by atoms with van der Waals surface area (Å²) in [5, 5.41) is 0.678. The van der Waals surface area contributed by atoms with E-state index in [1.54, 1.807) is 23.9 Å². The summed E-state index contributed by atoms with van der Waals surface area (Å²) in [6, 6.07) is 16.1. The molecule has 0 bridgehead atoms. The molecule has 128 valence electrons. The lowest BCUT2D eigenvalue weighted by Gasteiger charge is -2.08. The number of aryl methyl sites for hydroxylation is 2. The maximum atomic E-state index is 13.0. The van der Waals surface area contributed by atoms with Crippen molar-refractivity contribution in [2.24, 2.45) is 0 Å². The second kappa shape index (κ2) is 8.12. The SMILES string of the molecule is CCc1cc(Oc2ccc(F)cc2)nc(SCc2ccc(C)cc2)n1. The molecule has 0 aliphatic rings. The van der Waals surface area contributed by atoms with Gasteiger partial charge < -0.3 is 4.74 Å². The van der Waals surface area contributed by atoms with Gasteiger partial charge in [0, 0.05) is 17.5 Å². The van der Waals surface area contributed by atoms with Gasteiger partial charge in [0.1, 0.15) is 11.6 Å². The molecule has 0 saturated heterocycles. The first-order valence-corrected chi connectivity index (χ1v) is 9.10. The molecule has 0 atom stereocenters. The van der Waals surface area contributed by atoms with Crippen molar-refractivity contribution in [1.82, 2.24) is 9.97 Å². The summed E-state index contributed by atoms with van der Waals surface area (Å²) in [6.45, 7) is 4.11. The van der Waals surface area contributed by atoms with Gasteiger partial charge in [-0.15, -0.1) is 0 Å². The average Bonchev–Trinajstić information content (AvgIpc) is 2.63. The largest absolute Gasteiger partial charge is 0.439 e. The molecule has 3 rings (SSSR count). The third kappa shape index (κ3) is 5.03. The highest BCUT2D eigenvalue weighted by atomic mass is 32.2. The van der Waals surface area contributed by atoms with Gasteiger partial charge in [0.15, 0.2) is 5.16 Å². The Hall–Kier alpha value is -2.40. The number of rotatable bonds is 6. The van der Waals surface area contributed by atoms with E-state index in [1.165, 1.54) is 23.3 Å². The molecule has 0 radical (unpaired) electrons. The molecule has 1 heterocycles. The van der Waals surface area contributed by atoms with Crippen LogP contribution in [-0.4, -0.2) is 9.97 Å². The summed E-state index contributed by atoms with van der Waals surface area (Å²) in [7, 11) is 0. The van der Waals surface area contributed by atoms with Gasteiger partial charge in [0.05, 0.1) is 0 Å². The number of hydrogen-bond acceptors (Lipinski definition) is 4. The predicted molar refractivity (Wildman–Crippen MR) is 98.6 cm³/mol. The van der Waals surface area contributed by atoms with Crippen LogP contribution < -0.4 is 4.74 Å². The Morgan fingerprint density at radius 1 is 1.00 bits per heavy atom. The lowest BCUT2D eigenvalue weighted by molar-refractivity contribution is 0.452. The second-order valence-corrected chi connectivity index (χ2v) is 6.61. The molecule has 0 fully saturated rings. The highest BCUT2D eigenvalue weighted by Crippen LogP contribution is 2.25. The van der Waals surface area contributed by atoms with Crippen molar-refractivity contribution in [2.45, 2.75) is 31.2 Å². The smallest absolute Gasteiger partial charge is 0.223 e. The van der Waals surface area contributed by atoms with Crippen LogP contribution >= 0.6 is 11.8 Å². The molecular weight excluding hydrogens is 335 g/mol. The van der Waals surface area contributed by atoms with Gasteiger partial charge in [-0.25, -0.2) is 9.37 Å². The Morgan fingerprint density at radius 2 is 1.72 bits per heavy atom. The fourth-order valence-electron chi connectivity index (χ4n) is 2.20. The van der Waals surface area contributed by atoms with Crippen LogP contribution in [0.4, 0.5) is 4.39 Å². The lowest BCUT2D eigenvalue weighted by Crippen LogP contribution is -1.97. The molecule has 0 aliphatic heterocycles. The highest BCUT2D eigenvalue weighted by molar-refractivity contribution is 7.98. The van der Waals surface area contributed by atoms with E-state index >= 15 is 0 Å². The second-order valence-electron chi connectivity index (χ2n) is 5.66. The summed E-state index contributed by atoms with van der Waals surface area (Å²) in [4.78, 5) is 9.02. The highest BCUT2D eigenvalue weighted by Gasteiger charge is 2.07. The molecule has 0 N–H and O–H groups in total. The first-order valence-electron chi connectivity index (χ1n) is 8.12. The van der Waals surface area contributed by atoms with Crippen molar-refractivity contribution in [3.05, 3.63) is 77.2 Å². The van der Waals surface area contributed by atoms with Gasteiger partial charge >= 0.3 is 0 Å². The fourth-order valence-corrected chi connectivity index (χ4v) is 3.03. The number of benzene rings is 2. The minimum atomic E-state index is -0.293. The molecule has 5 heteroatoms. The van der Waals surface area contributed by atoms with Crippen LogP contribution in [0.2, 0.25) is 0 Å². The Labute approximate surface area is 151 Å². The van der Waals surface area contributed by atoms with Gasteiger partial charge in [-0.3, -0.25) is 0 Å². The zero-order valence-corrected chi connectivity index (χ0v) is 15.0. The minimum Gasteiger partial charge on any atom is -0.439 e. The van der Waals surface area contributed by atoms with Crippen LogP contribution in [0.5, 0.6) is 11.6 Å². The van der Waals surface area contributed by atoms with Gasteiger partial charge in [-0.05, 0) is 43.2 Å². The van der Waals surface area contributed by atoms with Crippen molar-refractivity contribution in [3.8, 4) is 11.6 Å². The van der Waals surface area contributed by atoms with Crippen molar-refractivity contribution in [3.63, 3.8) is 0 Å².